The maximum absolute atomic E-state index is 12.8. The molecule has 1 aromatic carbocycles. The van der Waals surface area contributed by atoms with Gasteiger partial charge in [0.2, 0.25) is 5.78 Å². The van der Waals surface area contributed by atoms with Crippen molar-refractivity contribution in [1.82, 2.24) is 4.57 Å². The van der Waals surface area contributed by atoms with E-state index in [9.17, 15) is 18.9 Å². The van der Waals surface area contributed by atoms with Crippen molar-refractivity contribution in [2.24, 2.45) is 0 Å². The molecule has 0 bridgehead atoms. The number of ketones is 1. The first-order valence-corrected chi connectivity index (χ1v) is 8.46. The Balaban J connectivity index is 2.15. The largest absolute Gasteiger partial charge is 0.481 e. The predicted octanol–water partition coefficient (Wildman–Crippen LogP) is 2.03. The van der Waals surface area contributed by atoms with Gasteiger partial charge in [0.25, 0.3) is 0 Å². The van der Waals surface area contributed by atoms with Gasteiger partial charge >= 0.3 is 5.97 Å². The molecule has 1 aromatic heterocycles. The third-order valence-corrected chi connectivity index (χ3v) is 4.88. The molecule has 0 fully saturated rings. The number of hydrogen-bond acceptors (Lipinski definition) is 3. The van der Waals surface area contributed by atoms with Gasteiger partial charge in [-0.2, -0.15) is 0 Å². The fourth-order valence-electron chi connectivity index (χ4n) is 2.91. The minimum absolute atomic E-state index is 0.219. The first-order valence-electron chi connectivity index (χ1n) is 6.90. The van der Waals surface area contributed by atoms with E-state index in [0.29, 0.717) is 34.8 Å². The average Bonchev–Trinajstić information content (AvgIpc) is 3.05. The van der Waals surface area contributed by atoms with E-state index in [1.165, 1.54) is 6.26 Å². The lowest BCUT2D eigenvalue weighted by Crippen LogP contribution is -2.12. The number of carbonyl (C=O) groups is 2. The van der Waals surface area contributed by atoms with Gasteiger partial charge in [0, 0.05) is 24.1 Å². The van der Waals surface area contributed by atoms with Gasteiger partial charge in [-0.05, 0) is 12.5 Å². The first-order chi connectivity index (χ1) is 10.5. The smallest absolute Gasteiger partial charge is 0.312 e. The molecule has 1 aliphatic heterocycles. The summed E-state index contributed by atoms with van der Waals surface area (Å²) in [5.41, 5.74) is 1.43. The summed E-state index contributed by atoms with van der Waals surface area (Å²) in [6.07, 6.45) is 1.96. The summed E-state index contributed by atoms with van der Waals surface area (Å²) in [6.45, 7) is 0.456. The standard InChI is InChI=1S/C16H15NO4S/c1-22(21)13-9-12-11(16(19)20)7-8-17(12)14(13)15(18)10-5-3-2-4-6-10/h2-6,9,11H,7-8H2,1H3,(H,19,20). The van der Waals surface area contributed by atoms with Crippen LogP contribution in [0.1, 0.15) is 34.1 Å². The van der Waals surface area contributed by atoms with Crippen LogP contribution in [-0.2, 0) is 22.1 Å². The highest BCUT2D eigenvalue weighted by molar-refractivity contribution is 7.84. The number of aliphatic carboxylic acids is 1. The lowest BCUT2D eigenvalue weighted by molar-refractivity contribution is -0.138. The number of carboxylic acid groups (broad SMARTS) is 1. The van der Waals surface area contributed by atoms with Crippen LogP contribution in [0.25, 0.3) is 0 Å². The van der Waals surface area contributed by atoms with Crippen molar-refractivity contribution in [2.75, 3.05) is 6.26 Å². The number of carboxylic acids is 1. The van der Waals surface area contributed by atoms with E-state index < -0.39 is 22.7 Å². The molecule has 1 N–H and O–H groups in total. The van der Waals surface area contributed by atoms with Crippen LogP contribution in [0.4, 0.5) is 0 Å². The number of carbonyl (C=O) groups excluding carboxylic acids is 1. The normalized spacial score (nSPS) is 18.0. The second-order valence-corrected chi connectivity index (χ2v) is 6.61. The Labute approximate surface area is 130 Å². The van der Waals surface area contributed by atoms with Crippen LogP contribution >= 0.6 is 0 Å². The molecule has 2 unspecified atom stereocenters. The summed E-state index contributed by atoms with van der Waals surface area (Å²) in [6, 6.07) is 10.4. The summed E-state index contributed by atoms with van der Waals surface area (Å²) in [4.78, 5) is 24.5. The molecule has 2 atom stereocenters. The number of fused-ring (bicyclic) bond motifs is 1. The Morgan fingerprint density at radius 1 is 1.27 bits per heavy atom. The lowest BCUT2D eigenvalue weighted by Gasteiger charge is -2.07. The molecule has 6 heteroatoms. The lowest BCUT2D eigenvalue weighted by atomic mass is 10.1. The summed E-state index contributed by atoms with van der Waals surface area (Å²) in [7, 11) is -1.35. The highest BCUT2D eigenvalue weighted by atomic mass is 32.2. The molecule has 2 aromatic rings. The van der Waals surface area contributed by atoms with Crippen LogP contribution in [0, 0.1) is 0 Å². The van der Waals surface area contributed by atoms with Crippen LogP contribution < -0.4 is 0 Å². The third kappa shape index (κ3) is 2.29. The molecule has 5 nitrogen and oxygen atoms in total. The van der Waals surface area contributed by atoms with Gasteiger partial charge in [0.15, 0.2) is 0 Å². The molecule has 114 valence electrons. The van der Waals surface area contributed by atoms with Crippen molar-refractivity contribution < 1.29 is 18.9 Å². The molecule has 0 saturated carbocycles. The predicted molar refractivity (Wildman–Crippen MR) is 81.6 cm³/mol. The fraction of sp³-hybridized carbons (Fsp3) is 0.250. The van der Waals surface area contributed by atoms with Gasteiger partial charge in [-0.25, -0.2) is 0 Å². The van der Waals surface area contributed by atoms with Crippen molar-refractivity contribution in [3.63, 3.8) is 0 Å². The molecule has 0 amide bonds. The van der Waals surface area contributed by atoms with E-state index in [-0.39, 0.29) is 5.78 Å². The quantitative estimate of drug-likeness (QED) is 0.875. The van der Waals surface area contributed by atoms with Gasteiger partial charge in [-0.3, -0.25) is 13.8 Å². The zero-order valence-corrected chi connectivity index (χ0v) is 12.8. The molecule has 3 rings (SSSR count). The van der Waals surface area contributed by atoms with Crippen LogP contribution in [0.15, 0.2) is 41.3 Å². The Morgan fingerprint density at radius 2 is 1.95 bits per heavy atom. The summed E-state index contributed by atoms with van der Waals surface area (Å²) < 4.78 is 13.7. The summed E-state index contributed by atoms with van der Waals surface area (Å²) in [5, 5.41) is 9.28. The zero-order chi connectivity index (χ0) is 15.9. The molecule has 0 aliphatic carbocycles. The monoisotopic (exact) mass is 317 g/mol. The molecule has 0 radical (unpaired) electrons. The van der Waals surface area contributed by atoms with Crippen molar-refractivity contribution >= 4 is 22.6 Å². The Morgan fingerprint density at radius 3 is 2.55 bits per heavy atom. The van der Waals surface area contributed by atoms with E-state index in [1.54, 1.807) is 34.9 Å². The Kier molecular flexibility index (Phi) is 3.70. The summed E-state index contributed by atoms with van der Waals surface area (Å²) >= 11 is 0. The Hall–Kier alpha value is -2.21. The number of hydrogen-bond donors (Lipinski definition) is 1. The van der Waals surface area contributed by atoms with E-state index in [0.717, 1.165) is 0 Å². The Bertz CT molecular complexity index is 779. The van der Waals surface area contributed by atoms with Crippen molar-refractivity contribution in [3.05, 3.63) is 53.3 Å². The maximum Gasteiger partial charge on any atom is 0.312 e. The van der Waals surface area contributed by atoms with Crippen molar-refractivity contribution in [2.45, 2.75) is 23.8 Å². The maximum atomic E-state index is 12.8. The molecule has 2 heterocycles. The SMILES string of the molecule is CS(=O)c1cc2n(c1C(=O)c1ccccc1)CCC2C(=O)O. The van der Waals surface area contributed by atoms with Crippen molar-refractivity contribution in [1.29, 1.82) is 0 Å². The highest BCUT2D eigenvalue weighted by Gasteiger charge is 2.35. The molecule has 0 saturated heterocycles. The van der Waals surface area contributed by atoms with Gasteiger partial charge < -0.3 is 9.67 Å². The highest BCUT2D eigenvalue weighted by Crippen LogP contribution is 2.35. The molecular weight excluding hydrogens is 302 g/mol. The molecular formula is C16H15NO4S. The molecule has 0 spiro atoms. The molecule has 22 heavy (non-hydrogen) atoms. The second-order valence-electron chi connectivity index (χ2n) is 5.26. The van der Waals surface area contributed by atoms with Gasteiger partial charge in [0.1, 0.15) is 5.69 Å². The van der Waals surface area contributed by atoms with Gasteiger partial charge in [-0.15, -0.1) is 0 Å². The van der Waals surface area contributed by atoms with E-state index >= 15 is 0 Å². The van der Waals surface area contributed by atoms with E-state index in [1.807, 2.05) is 6.07 Å². The minimum Gasteiger partial charge on any atom is -0.481 e. The van der Waals surface area contributed by atoms with Gasteiger partial charge in [0.05, 0.1) is 21.6 Å². The van der Waals surface area contributed by atoms with E-state index in [4.69, 9.17) is 0 Å². The number of rotatable bonds is 4. The topological polar surface area (TPSA) is 76.4 Å². The third-order valence-electron chi connectivity index (χ3n) is 3.95. The minimum atomic E-state index is -1.35. The number of aromatic nitrogens is 1. The first kappa shape index (κ1) is 14.7. The van der Waals surface area contributed by atoms with Crippen molar-refractivity contribution in [3.8, 4) is 0 Å². The van der Waals surface area contributed by atoms with E-state index in [2.05, 4.69) is 0 Å². The van der Waals surface area contributed by atoms with Crippen LogP contribution in [0.2, 0.25) is 0 Å². The van der Waals surface area contributed by atoms with Crippen LogP contribution in [-0.4, -0.2) is 31.9 Å². The number of benzene rings is 1. The fourth-order valence-corrected chi connectivity index (χ4v) is 3.67. The summed E-state index contributed by atoms with van der Waals surface area (Å²) in [5.74, 6) is -1.77. The average molecular weight is 317 g/mol. The van der Waals surface area contributed by atoms with Gasteiger partial charge in [-0.1, -0.05) is 30.3 Å². The second kappa shape index (κ2) is 5.53. The van der Waals surface area contributed by atoms with Crippen LogP contribution in [0.3, 0.4) is 0 Å². The number of nitrogens with zero attached hydrogens (tertiary/aromatic N) is 1. The molecule has 1 aliphatic rings. The van der Waals surface area contributed by atoms with Crippen LogP contribution in [0.5, 0.6) is 0 Å². The zero-order valence-electron chi connectivity index (χ0n) is 12.0.